The van der Waals surface area contributed by atoms with Crippen molar-refractivity contribution in [3.63, 3.8) is 0 Å². The molecule has 1 aromatic heterocycles. The van der Waals surface area contributed by atoms with E-state index in [-0.39, 0.29) is 5.25 Å². The summed E-state index contributed by atoms with van der Waals surface area (Å²) in [5.74, 6) is 0. The quantitative estimate of drug-likeness (QED) is 0.870. The normalized spacial score (nSPS) is 15.1. The van der Waals surface area contributed by atoms with Crippen LogP contribution in [0.4, 0.5) is 0 Å². The van der Waals surface area contributed by atoms with Gasteiger partial charge < -0.3 is 5.32 Å². The Kier molecular flexibility index (Phi) is 4.95. The zero-order chi connectivity index (χ0) is 12.3. The van der Waals surface area contributed by atoms with Gasteiger partial charge in [0.2, 0.25) is 0 Å². The molecule has 16 heavy (non-hydrogen) atoms. The van der Waals surface area contributed by atoms with Crippen LogP contribution in [0.15, 0.2) is 0 Å². The molecule has 0 aliphatic rings. The molecule has 0 spiro atoms. The van der Waals surface area contributed by atoms with Crippen LogP contribution in [0.25, 0.3) is 0 Å². The van der Waals surface area contributed by atoms with Crippen LogP contribution in [0.3, 0.4) is 0 Å². The highest BCUT2D eigenvalue weighted by atomic mass is 35.5. The first-order chi connectivity index (χ1) is 7.43. The maximum Gasteiger partial charge on any atom is 0.0860 e. The minimum absolute atomic E-state index is 0.146. The van der Waals surface area contributed by atoms with E-state index < -0.39 is 10.8 Å². The summed E-state index contributed by atoms with van der Waals surface area (Å²) < 4.78 is 12.9. The van der Waals surface area contributed by atoms with Crippen LogP contribution in [-0.2, 0) is 24.4 Å². The van der Waals surface area contributed by atoms with Crippen molar-refractivity contribution in [1.29, 1.82) is 0 Å². The van der Waals surface area contributed by atoms with Crippen molar-refractivity contribution in [3.8, 4) is 0 Å². The third kappa shape index (κ3) is 3.30. The van der Waals surface area contributed by atoms with Crippen LogP contribution in [0.2, 0.25) is 5.02 Å². The zero-order valence-corrected chi connectivity index (χ0v) is 11.7. The number of aromatic nitrogens is 2. The average molecular weight is 264 g/mol. The second-order valence-electron chi connectivity index (χ2n) is 3.91. The van der Waals surface area contributed by atoms with Gasteiger partial charge in [-0.15, -0.1) is 0 Å². The lowest BCUT2D eigenvalue weighted by Gasteiger charge is -2.10. The van der Waals surface area contributed by atoms with Crippen molar-refractivity contribution in [2.24, 2.45) is 7.05 Å². The maximum atomic E-state index is 11.2. The Morgan fingerprint density at radius 3 is 2.69 bits per heavy atom. The molecule has 1 heterocycles. The maximum absolute atomic E-state index is 11.2. The molecule has 1 N–H and O–H groups in total. The van der Waals surface area contributed by atoms with Gasteiger partial charge in [0.15, 0.2) is 0 Å². The second-order valence-corrected chi connectivity index (χ2v) is 6.09. The molecule has 0 aromatic carbocycles. The Bertz CT molecular complexity index is 392. The van der Waals surface area contributed by atoms with Crippen molar-refractivity contribution in [1.82, 2.24) is 15.1 Å². The lowest BCUT2D eigenvalue weighted by atomic mass is 10.3. The molecule has 0 amide bonds. The summed E-state index contributed by atoms with van der Waals surface area (Å²) in [4.78, 5) is 0. The lowest BCUT2D eigenvalue weighted by Crippen LogP contribution is -2.27. The van der Waals surface area contributed by atoms with E-state index in [1.165, 1.54) is 0 Å². The summed E-state index contributed by atoms with van der Waals surface area (Å²) in [6.07, 6.45) is 1.72. The number of nitrogens with zero attached hydrogens (tertiary/aromatic N) is 2. The van der Waals surface area contributed by atoms with Crippen LogP contribution in [-0.4, -0.2) is 32.0 Å². The van der Waals surface area contributed by atoms with Crippen LogP contribution in [0.5, 0.6) is 0 Å². The SMILES string of the molecule is Cc1nn(C)c(CNCC(C)S(C)=O)c1Cl. The molecule has 0 bridgehead atoms. The molecule has 0 aliphatic heterocycles. The fourth-order valence-corrected chi connectivity index (χ4v) is 1.96. The van der Waals surface area contributed by atoms with E-state index in [2.05, 4.69) is 10.4 Å². The van der Waals surface area contributed by atoms with E-state index in [1.807, 2.05) is 20.9 Å². The van der Waals surface area contributed by atoms with Gasteiger partial charge in [-0.3, -0.25) is 8.89 Å². The summed E-state index contributed by atoms with van der Waals surface area (Å²) in [5, 5.41) is 8.32. The minimum atomic E-state index is -0.792. The fraction of sp³-hybridized carbons (Fsp3) is 0.700. The smallest absolute Gasteiger partial charge is 0.0860 e. The van der Waals surface area contributed by atoms with E-state index in [1.54, 1.807) is 10.9 Å². The molecule has 92 valence electrons. The van der Waals surface area contributed by atoms with Crippen LogP contribution in [0.1, 0.15) is 18.3 Å². The Balaban J connectivity index is 2.52. The monoisotopic (exact) mass is 263 g/mol. The Labute approximate surface area is 104 Å². The van der Waals surface area contributed by atoms with Crippen LogP contribution >= 0.6 is 11.6 Å². The van der Waals surface area contributed by atoms with E-state index >= 15 is 0 Å². The van der Waals surface area contributed by atoms with Crippen molar-refractivity contribution in [2.75, 3.05) is 12.8 Å². The van der Waals surface area contributed by atoms with E-state index in [4.69, 9.17) is 11.6 Å². The molecule has 4 nitrogen and oxygen atoms in total. The van der Waals surface area contributed by atoms with E-state index in [0.29, 0.717) is 18.1 Å². The molecule has 0 radical (unpaired) electrons. The van der Waals surface area contributed by atoms with Gasteiger partial charge in [0, 0.05) is 42.4 Å². The topological polar surface area (TPSA) is 46.9 Å². The average Bonchev–Trinajstić information content (AvgIpc) is 2.44. The number of hydrogen-bond donors (Lipinski definition) is 1. The first-order valence-electron chi connectivity index (χ1n) is 5.14. The highest BCUT2D eigenvalue weighted by Crippen LogP contribution is 2.18. The molecule has 0 saturated carbocycles. The fourth-order valence-electron chi connectivity index (χ4n) is 1.38. The Morgan fingerprint density at radius 2 is 2.25 bits per heavy atom. The van der Waals surface area contributed by atoms with Crippen LogP contribution < -0.4 is 5.32 Å². The highest BCUT2D eigenvalue weighted by Gasteiger charge is 2.11. The van der Waals surface area contributed by atoms with Gasteiger partial charge in [-0.2, -0.15) is 5.10 Å². The minimum Gasteiger partial charge on any atom is -0.310 e. The first-order valence-corrected chi connectivity index (χ1v) is 7.14. The predicted molar refractivity (Wildman–Crippen MR) is 68.2 cm³/mol. The van der Waals surface area contributed by atoms with Gasteiger partial charge in [0.25, 0.3) is 0 Å². The molecular formula is C10H18ClN3OS. The summed E-state index contributed by atoms with van der Waals surface area (Å²) >= 11 is 6.11. The number of hydrogen-bond acceptors (Lipinski definition) is 3. The van der Waals surface area contributed by atoms with Gasteiger partial charge in [0.05, 0.1) is 16.4 Å². The third-order valence-electron chi connectivity index (χ3n) is 2.55. The predicted octanol–water partition coefficient (Wildman–Crippen LogP) is 1.24. The van der Waals surface area contributed by atoms with Gasteiger partial charge in [0.1, 0.15) is 0 Å². The Morgan fingerprint density at radius 1 is 1.62 bits per heavy atom. The van der Waals surface area contributed by atoms with E-state index in [9.17, 15) is 4.21 Å². The number of nitrogens with one attached hydrogen (secondary N) is 1. The van der Waals surface area contributed by atoms with Gasteiger partial charge in [-0.1, -0.05) is 11.6 Å². The third-order valence-corrected chi connectivity index (χ3v) is 4.34. The highest BCUT2D eigenvalue weighted by molar-refractivity contribution is 7.84. The molecule has 0 saturated heterocycles. The van der Waals surface area contributed by atoms with E-state index in [0.717, 1.165) is 11.4 Å². The number of aryl methyl sites for hydroxylation is 2. The summed E-state index contributed by atoms with van der Waals surface area (Å²) in [5.41, 5.74) is 1.81. The first kappa shape index (κ1) is 13.7. The summed E-state index contributed by atoms with van der Waals surface area (Å²) in [6, 6.07) is 0. The molecule has 6 heteroatoms. The van der Waals surface area contributed by atoms with Crippen molar-refractivity contribution < 1.29 is 4.21 Å². The van der Waals surface area contributed by atoms with Gasteiger partial charge in [-0.05, 0) is 13.8 Å². The van der Waals surface area contributed by atoms with Crippen molar-refractivity contribution in [3.05, 3.63) is 16.4 Å². The molecular weight excluding hydrogens is 246 g/mol. The molecule has 1 aromatic rings. The molecule has 1 rings (SSSR count). The molecule has 0 fully saturated rings. The summed E-state index contributed by atoms with van der Waals surface area (Å²) in [7, 11) is 1.08. The molecule has 0 aliphatic carbocycles. The van der Waals surface area contributed by atoms with Gasteiger partial charge in [-0.25, -0.2) is 0 Å². The molecule has 2 atom stereocenters. The van der Waals surface area contributed by atoms with Gasteiger partial charge >= 0.3 is 0 Å². The number of rotatable bonds is 5. The largest absolute Gasteiger partial charge is 0.310 e. The molecule has 2 unspecified atom stereocenters. The second kappa shape index (κ2) is 5.80. The van der Waals surface area contributed by atoms with Crippen molar-refractivity contribution in [2.45, 2.75) is 25.6 Å². The summed E-state index contributed by atoms with van der Waals surface area (Å²) in [6.45, 7) is 5.20. The standard InChI is InChI=1S/C10H18ClN3OS/c1-7(16(4)15)5-12-6-9-10(11)8(2)13-14(9)3/h7,12H,5-6H2,1-4H3. The zero-order valence-electron chi connectivity index (χ0n) is 10.1. The lowest BCUT2D eigenvalue weighted by molar-refractivity contribution is 0.613. The Hall–Kier alpha value is -0.390. The van der Waals surface area contributed by atoms with Crippen LogP contribution in [0, 0.1) is 6.92 Å². The number of halogens is 1. The van der Waals surface area contributed by atoms with Crippen molar-refractivity contribution >= 4 is 22.4 Å².